The van der Waals surface area contributed by atoms with Crippen molar-refractivity contribution in [2.24, 2.45) is 0 Å². The molecule has 0 radical (unpaired) electrons. The van der Waals surface area contributed by atoms with Crippen LogP contribution in [0.5, 0.6) is 11.5 Å². The molecule has 0 saturated carbocycles. The molecule has 2 aromatic rings. The molecular weight excluding hydrogens is 344 g/mol. The molecule has 0 aromatic heterocycles. The highest BCUT2D eigenvalue weighted by Crippen LogP contribution is 2.34. The van der Waals surface area contributed by atoms with Gasteiger partial charge in [0, 0.05) is 36.0 Å². The Balaban J connectivity index is 1.67. The Labute approximate surface area is 159 Å². The lowest BCUT2D eigenvalue weighted by Crippen LogP contribution is -2.32. The van der Waals surface area contributed by atoms with Crippen LogP contribution in [0.25, 0.3) is 0 Å². The highest BCUT2D eigenvalue weighted by Gasteiger charge is 2.16. The third-order valence-electron chi connectivity index (χ3n) is 4.30. The van der Waals surface area contributed by atoms with Gasteiger partial charge in [-0.15, -0.1) is 0 Å². The fourth-order valence-corrected chi connectivity index (χ4v) is 2.98. The zero-order valence-electron chi connectivity index (χ0n) is 15.7. The zero-order valence-corrected chi connectivity index (χ0v) is 15.7. The summed E-state index contributed by atoms with van der Waals surface area (Å²) in [5.41, 5.74) is 1.71. The van der Waals surface area contributed by atoms with Gasteiger partial charge in [-0.25, -0.2) is 0 Å². The third-order valence-corrected chi connectivity index (χ3v) is 4.30. The van der Waals surface area contributed by atoms with Crippen LogP contribution in [0.3, 0.4) is 0 Å². The van der Waals surface area contributed by atoms with Crippen molar-refractivity contribution in [2.45, 2.75) is 26.7 Å². The highest BCUT2D eigenvalue weighted by atomic mass is 16.7. The summed E-state index contributed by atoms with van der Waals surface area (Å²) in [6.45, 7) is 5.77. The van der Waals surface area contributed by atoms with Crippen LogP contribution < -0.4 is 14.8 Å². The monoisotopic (exact) mass is 368 g/mol. The maximum absolute atomic E-state index is 12.6. The standard InChI is InChI=1S/C21H24N2O4/c1-3-11-23(12-4-2)21(25)16-7-5-15(6-8-16)20(24)22-17-9-10-18-19(13-17)27-14-26-18/h5-10,13H,3-4,11-12,14H2,1-2H3,(H,22,24). The molecular formula is C21H24N2O4. The maximum atomic E-state index is 12.6. The average molecular weight is 368 g/mol. The van der Waals surface area contributed by atoms with Gasteiger partial charge in [0.25, 0.3) is 11.8 Å². The number of ether oxygens (including phenoxy) is 2. The minimum Gasteiger partial charge on any atom is -0.454 e. The predicted octanol–water partition coefficient (Wildman–Crippen LogP) is 3.93. The van der Waals surface area contributed by atoms with Gasteiger partial charge < -0.3 is 19.7 Å². The first kappa shape index (κ1) is 18.8. The van der Waals surface area contributed by atoms with Crippen LogP contribution in [-0.2, 0) is 0 Å². The van der Waals surface area contributed by atoms with Gasteiger partial charge in [-0.2, -0.15) is 0 Å². The normalized spacial score (nSPS) is 11.9. The first-order valence-corrected chi connectivity index (χ1v) is 9.22. The van der Waals surface area contributed by atoms with Crippen molar-refractivity contribution in [3.63, 3.8) is 0 Å². The Kier molecular flexibility index (Phi) is 5.96. The van der Waals surface area contributed by atoms with E-state index in [1.54, 1.807) is 42.5 Å². The largest absolute Gasteiger partial charge is 0.454 e. The predicted molar refractivity (Wildman–Crippen MR) is 103 cm³/mol. The lowest BCUT2D eigenvalue weighted by molar-refractivity contribution is 0.0755. The summed E-state index contributed by atoms with van der Waals surface area (Å²) in [6.07, 6.45) is 1.84. The molecule has 0 aliphatic carbocycles. The van der Waals surface area contributed by atoms with Gasteiger partial charge in [-0.05, 0) is 49.2 Å². The molecule has 27 heavy (non-hydrogen) atoms. The molecule has 0 fully saturated rings. The molecule has 3 rings (SSSR count). The Morgan fingerprint density at radius 2 is 1.56 bits per heavy atom. The number of carbonyl (C=O) groups excluding carboxylic acids is 2. The van der Waals surface area contributed by atoms with E-state index >= 15 is 0 Å². The minimum absolute atomic E-state index is 0.00132. The summed E-state index contributed by atoms with van der Waals surface area (Å²) in [6, 6.07) is 12.0. The molecule has 1 aliphatic heterocycles. The molecule has 0 bridgehead atoms. The lowest BCUT2D eigenvalue weighted by atomic mass is 10.1. The molecule has 142 valence electrons. The topological polar surface area (TPSA) is 67.9 Å². The van der Waals surface area contributed by atoms with E-state index in [1.807, 2.05) is 4.90 Å². The van der Waals surface area contributed by atoms with Crippen LogP contribution in [0.2, 0.25) is 0 Å². The summed E-state index contributed by atoms with van der Waals surface area (Å²) in [5.74, 6) is 1.04. The molecule has 1 heterocycles. The second kappa shape index (κ2) is 8.58. The van der Waals surface area contributed by atoms with Gasteiger partial charge in [0.1, 0.15) is 0 Å². The third kappa shape index (κ3) is 4.39. The van der Waals surface area contributed by atoms with E-state index < -0.39 is 0 Å². The quantitative estimate of drug-likeness (QED) is 0.804. The first-order valence-electron chi connectivity index (χ1n) is 9.22. The molecule has 1 aliphatic rings. The van der Waals surface area contributed by atoms with Gasteiger partial charge in [-0.3, -0.25) is 9.59 Å². The molecule has 2 amide bonds. The molecule has 1 N–H and O–H groups in total. The van der Waals surface area contributed by atoms with Crippen molar-refractivity contribution in [2.75, 3.05) is 25.2 Å². The number of fused-ring (bicyclic) bond motifs is 1. The fourth-order valence-electron chi connectivity index (χ4n) is 2.98. The van der Waals surface area contributed by atoms with Crippen LogP contribution in [0.4, 0.5) is 5.69 Å². The molecule has 0 saturated heterocycles. The van der Waals surface area contributed by atoms with Gasteiger partial charge in [0.15, 0.2) is 11.5 Å². The van der Waals surface area contributed by atoms with Gasteiger partial charge in [0.05, 0.1) is 0 Å². The second-order valence-electron chi connectivity index (χ2n) is 6.39. The van der Waals surface area contributed by atoms with E-state index in [4.69, 9.17) is 9.47 Å². The molecule has 0 unspecified atom stereocenters. The molecule has 6 heteroatoms. The number of nitrogens with zero attached hydrogens (tertiary/aromatic N) is 1. The van der Waals surface area contributed by atoms with Crippen LogP contribution in [0.15, 0.2) is 42.5 Å². The lowest BCUT2D eigenvalue weighted by Gasteiger charge is -2.21. The van der Waals surface area contributed by atoms with Crippen molar-refractivity contribution in [1.82, 2.24) is 4.90 Å². The summed E-state index contributed by atoms with van der Waals surface area (Å²) in [4.78, 5) is 26.9. The van der Waals surface area contributed by atoms with Crippen molar-refractivity contribution in [3.05, 3.63) is 53.6 Å². The van der Waals surface area contributed by atoms with Crippen LogP contribution in [0.1, 0.15) is 47.4 Å². The van der Waals surface area contributed by atoms with Crippen LogP contribution >= 0.6 is 0 Å². The number of carbonyl (C=O) groups is 2. The molecule has 2 aromatic carbocycles. The van der Waals surface area contributed by atoms with Crippen molar-refractivity contribution >= 4 is 17.5 Å². The van der Waals surface area contributed by atoms with Crippen molar-refractivity contribution in [1.29, 1.82) is 0 Å². The maximum Gasteiger partial charge on any atom is 0.255 e. The van der Waals surface area contributed by atoms with E-state index in [2.05, 4.69) is 19.2 Å². The van der Waals surface area contributed by atoms with Crippen molar-refractivity contribution in [3.8, 4) is 11.5 Å². The Morgan fingerprint density at radius 1 is 0.926 bits per heavy atom. The zero-order chi connectivity index (χ0) is 19.2. The fraction of sp³-hybridized carbons (Fsp3) is 0.333. The van der Waals surface area contributed by atoms with Gasteiger partial charge in [-0.1, -0.05) is 13.8 Å². The highest BCUT2D eigenvalue weighted by molar-refractivity contribution is 6.05. The van der Waals surface area contributed by atoms with E-state index in [-0.39, 0.29) is 18.6 Å². The summed E-state index contributed by atoms with van der Waals surface area (Å²) < 4.78 is 10.6. The van der Waals surface area contributed by atoms with E-state index in [1.165, 1.54) is 0 Å². The molecule has 0 atom stereocenters. The second-order valence-corrected chi connectivity index (χ2v) is 6.39. The Hall–Kier alpha value is -3.02. The van der Waals surface area contributed by atoms with Gasteiger partial charge >= 0.3 is 0 Å². The van der Waals surface area contributed by atoms with Crippen molar-refractivity contribution < 1.29 is 19.1 Å². The average Bonchev–Trinajstić information content (AvgIpc) is 3.15. The molecule has 6 nitrogen and oxygen atoms in total. The van der Waals surface area contributed by atoms with E-state index in [9.17, 15) is 9.59 Å². The number of anilines is 1. The number of benzene rings is 2. The number of amides is 2. The number of hydrogen-bond donors (Lipinski definition) is 1. The van der Waals surface area contributed by atoms with E-state index in [0.717, 1.165) is 25.9 Å². The summed E-state index contributed by atoms with van der Waals surface area (Å²) in [7, 11) is 0. The minimum atomic E-state index is -0.244. The van der Waals surface area contributed by atoms with Crippen LogP contribution in [0, 0.1) is 0 Å². The van der Waals surface area contributed by atoms with Gasteiger partial charge in [0.2, 0.25) is 6.79 Å². The smallest absolute Gasteiger partial charge is 0.255 e. The number of rotatable bonds is 7. The van der Waals surface area contributed by atoms with Crippen LogP contribution in [-0.4, -0.2) is 36.6 Å². The number of hydrogen-bond acceptors (Lipinski definition) is 4. The Bertz CT molecular complexity index is 811. The first-order chi connectivity index (χ1) is 13.1. The summed E-state index contributed by atoms with van der Waals surface area (Å²) >= 11 is 0. The molecule has 0 spiro atoms. The number of nitrogens with one attached hydrogen (secondary N) is 1. The summed E-state index contributed by atoms with van der Waals surface area (Å²) in [5, 5.41) is 2.83. The van der Waals surface area contributed by atoms with E-state index in [0.29, 0.717) is 28.3 Å². The Morgan fingerprint density at radius 3 is 2.22 bits per heavy atom. The SMILES string of the molecule is CCCN(CCC)C(=O)c1ccc(C(=O)Nc2ccc3c(c2)OCO3)cc1.